The van der Waals surface area contributed by atoms with Crippen LogP contribution in [0.3, 0.4) is 0 Å². The standard InChI is InChI=1S/C16H20ClN3/c1-10(2)12-5-7-13(8-6-12)20-16-14(11(3)4)15(17)18-9-19-16/h5-11H,1-4H3,(H,18,19,20). The van der Waals surface area contributed by atoms with E-state index in [1.54, 1.807) is 0 Å². The van der Waals surface area contributed by atoms with Crippen molar-refractivity contribution in [2.45, 2.75) is 39.5 Å². The van der Waals surface area contributed by atoms with Crippen LogP contribution in [0.15, 0.2) is 30.6 Å². The largest absolute Gasteiger partial charge is 0.340 e. The highest BCUT2D eigenvalue weighted by Gasteiger charge is 2.13. The molecule has 0 atom stereocenters. The van der Waals surface area contributed by atoms with Crippen LogP contribution >= 0.6 is 11.6 Å². The molecule has 1 N–H and O–H groups in total. The van der Waals surface area contributed by atoms with Crippen LogP contribution in [0.4, 0.5) is 11.5 Å². The molecule has 0 amide bonds. The Bertz CT molecular complexity index is 577. The lowest BCUT2D eigenvalue weighted by Gasteiger charge is -2.15. The first-order chi connectivity index (χ1) is 9.49. The molecule has 0 unspecified atom stereocenters. The quantitative estimate of drug-likeness (QED) is 0.794. The Morgan fingerprint density at radius 2 is 1.60 bits per heavy atom. The van der Waals surface area contributed by atoms with Crippen molar-refractivity contribution < 1.29 is 0 Å². The summed E-state index contributed by atoms with van der Waals surface area (Å²) in [5.74, 6) is 1.57. The highest BCUT2D eigenvalue weighted by molar-refractivity contribution is 6.30. The molecule has 4 heteroatoms. The number of benzene rings is 1. The minimum absolute atomic E-state index is 0.265. The van der Waals surface area contributed by atoms with Crippen molar-refractivity contribution in [3.8, 4) is 0 Å². The fourth-order valence-corrected chi connectivity index (χ4v) is 2.42. The monoisotopic (exact) mass is 289 g/mol. The maximum absolute atomic E-state index is 6.17. The van der Waals surface area contributed by atoms with E-state index in [1.165, 1.54) is 11.9 Å². The molecule has 0 saturated heterocycles. The SMILES string of the molecule is CC(C)c1ccc(Nc2ncnc(Cl)c2C(C)C)cc1. The van der Waals surface area contributed by atoms with Gasteiger partial charge in [-0.2, -0.15) is 0 Å². The first kappa shape index (κ1) is 14.8. The van der Waals surface area contributed by atoms with Crippen LogP contribution in [0.1, 0.15) is 50.7 Å². The van der Waals surface area contributed by atoms with Crippen LogP contribution < -0.4 is 5.32 Å². The molecule has 0 bridgehead atoms. The summed E-state index contributed by atoms with van der Waals surface area (Å²) in [5.41, 5.74) is 3.27. The number of hydrogen-bond acceptors (Lipinski definition) is 3. The molecule has 0 aliphatic heterocycles. The highest BCUT2D eigenvalue weighted by atomic mass is 35.5. The molecule has 3 nitrogen and oxygen atoms in total. The average molecular weight is 290 g/mol. The third kappa shape index (κ3) is 3.28. The molecule has 0 radical (unpaired) electrons. The summed E-state index contributed by atoms with van der Waals surface area (Å²) >= 11 is 6.17. The van der Waals surface area contributed by atoms with Gasteiger partial charge in [-0.15, -0.1) is 0 Å². The van der Waals surface area contributed by atoms with Gasteiger partial charge in [-0.25, -0.2) is 9.97 Å². The fourth-order valence-electron chi connectivity index (χ4n) is 2.07. The molecular weight excluding hydrogens is 270 g/mol. The van der Waals surface area contributed by atoms with Crippen molar-refractivity contribution in [3.05, 3.63) is 46.9 Å². The zero-order chi connectivity index (χ0) is 14.7. The molecule has 1 heterocycles. The Hall–Kier alpha value is -1.61. The summed E-state index contributed by atoms with van der Waals surface area (Å²) in [7, 11) is 0. The van der Waals surface area contributed by atoms with Gasteiger partial charge < -0.3 is 5.32 Å². The van der Waals surface area contributed by atoms with E-state index in [2.05, 4.69) is 67.2 Å². The molecule has 1 aromatic carbocycles. The van der Waals surface area contributed by atoms with Crippen molar-refractivity contribution in [2.75, 3.05) is 5.32 Å². The summed E-state index contributed by atoms with van der Waals surface area (Å²) in [5, 5.41) is 3.84. The van der Waals surface area contributed by atoms with E-state index in [-0.39, 0.29) is 5.92 Å². The van der Waals surface area contributed by atoms with Gasteiger partial charge in [0.05, 0.1) is 0 Å². The number of nitrogens with zero attached hydrogens (tertiary/aromatic N) is 2. The Balaban J connectivity index is 2.28. The predicted octanol–water partition coefficient (Wildman–Crippen LogP) is 5.12. The van der Waals surface area contributed by atoms with Crippen LogP contribution in [0.2, 0.25) is 5.15 Å². The maximum Gasteiger partial charge on any atom is 0.138 e. The Labute approximate surface area is 125 Å². The molecule has 0 saturated carbocycles. The van der Waals surface area contributed by atoms with Gasteiger partial charge in [0.25, 0.3) is 0 Å². The summed E-state index contributed by atoms with van der Waals surface area (Å²) in [6.45, 7) is 8.53. The number of nitrogens with one attached hydrogen (secondary N) is 1. The second kappa shape index (κ2) is 6.23. The summed E-state index contributed by atoms with van der Waals surface area (Å²) in [4.78, 5) is 8.36. The van der Waals surface area contributed by atoms with E-state index >= 15 is 0 Å². The minimum Gasteiger partial charge on any atom is -0.340 e. The fraction of sp³-hybridized carbons (Fsp3) is 0.375. The summed E-state index contributed by atoms with van der Waals surface area (Å²) < 4.78 is 0. The number of hydrogen-bond donors (Lipinski definition) is 1. The normalized spacial score (nSPS) is 11.2. The summed E-state index contributed by atoms with van der Waals surface area (Å²) in [6, 6.07) is 8.39. The van der Waals surface area contributed by atoms with Crippen LogP contribution in [-0.4, -0.2) is 9.97 Å². The lowest BCUT2D eigenvalue weighted by Crippen LogP contribution is -2.03. The molecule has 0 aliphatic carbocycles. The van der Waals surface area contributed by atoms with Crippen molar-refractivity contribution >= 4 is 23.1 Å². The van der Waals surface area contributed by atoms with Crippen molar-refractivity contribution in [2.24, 2.45) is 0 Å². The van der Waals surface area contributed by atoms with Crippen LogP contribution in [-0.2, 0) is 0 Å². The average Bonchev–Trinajstić information content (AvgIpc) is 2.39. The molecular formula is C16H20ClN3. The lowest BCUT2D eigenvalue weighted by molar-refractivity contribution is 0.850. The zero-order valence-electron chi connectivity index (χ0n) is 12.3. The van der Waals surface area contributed by atoms with E-state index in [4.69, 9.17) is 11.6 Å². The van der Waals surface area contributed by atoms with Gasteiger partial charge in [-0.3, -0.25) is 0 Å². The molecule has 2 aromatic rings. The Morgan fingerprint density at radius 1 is 0.950 bits per heavy atom. The van der Waals surface area contributed by atoms with Gasteiger partial charge in [0.15, 0.2) is 0 Å². The van der Waals surface area contributed by atoms with Gasteiger partial charge in [0.1, 0.15) is 17.3 Å². The van der Waals surface area contributed by atoms with Gasteiger partial charge >= 0.3 is 0 Å². The van der Waals surface area contributed by atoms with E-state index < -0.39 is 0 Å². The van der Waals surface area contributed by atoms with Crippen LogP contribution in [0, 0.1) is 0 Å². The van der Waals surface area contributed by atoms with Crippen LogP contribution in [0.5, 0.6) is 0 Å². The lowest BCUT2D eigenvalue weighted by atomic mass is 10.0. The molecule has 0 spiro atoms. The third-order valence-electron chi connectivity index (χ3n) is 3.25. The molecule has 106 valence electrons. The first-order valence-corrected chi connectivity index (χ1v) is 7.24. The molecule has 1 aromatic heterocycles. The molecule has 0 aliphatic rings. The van der Waals surface area contributed by atoms with Gasteiger partial charge in [-0.1, -0.05) is 51.4 Å². The molecule has 2 rings (SSSR count). The second-order valence-electron chi connectivity index (χ2n) is 5.48. The van der Waals surface area contributed by atoms with Gasteiger partial charge in [-0.05, 0) is 29.5 Å². The molecule has 20 heavy (non-hydrogen) atoms. The minimum atomic E-state index is 0.265. The maximum atomic E-state index is 6.17. The van der Waals surface area contributed by atoms with Gasteiger partial charge in [0, 0.05) is 11.3 Å². The highest BCUT2D eigenvalue weighted by Crippen LogP contribution is 2.30. The van der Waals surface area contributed by atoms with Crippen molar-refractivity contribution in [3.63, 3.8) is 0 Å². The third-order valence-corrected chi connectivity index (χ3v) is 3.55. The first-order valence-electron chi connectivity index (χ1n) is 6.86. The number of rotatable bonds is 4. The van der Waals surface area contributed by atoms with E-state index in [9.17, 15) is 0 Å². The van der Waals surface area contributed by atoms with Gasteiger partial charge in [0.2, 0.25) is 0 Å². The van der Waals surface area contributed by atoms with E-state index in [1.807, 2.05) is 0 Å². The Morgan fingerprint density at radius 3 is 2.15 bits per heavy atom. The summed E-state index contributed by atoms with van der Waals surface area (Å²) in [6.07, 6.45) is 1.49. The topological polar surface area (TPSA) is 37.8 Å². The second-order valence-corrected chi connectivity index (χ2v) is 5.84. The number of aromatic nitrogens is 2. The molecule has 0 fully saturated rings. The predicted molar refractivity (Wildman–Crippen MR) is 84.9 cm³/mol. The number of anilines is 2. The van der Waals surface area contributed by atoms with Crippen molar-refractivity contribution in [1.29, 1.82) is 0 Å². The van der Waals surface area contributed by atoms with Crippen molar-refractivity contribution in [1.82, 2.24) is 9.97 Å². The van der Waals surface area contributed by atoms with Crippen LogP contribution in [0.25, 0.3) is 0 Å². The Kier molecular flexibility index (Phi) is 4.61. The number of halogens is 1. The van der Waals surface area contributed by atoms with E-state index in [0.29, 0.717) is 11.1 Å². The van der Waals surface area contributed by atoms with E-state index in [0.717, 1.165) is 17.1 Å². The zero-order valence-corrected chi connectivity index (χ0v) is 13.1. The smallest absolute Gasteiger partial charge is 0.138 e.